The lowest BCUT2D eigenvalue weighted by atomic mass is 10.1. The van der Waals surface area contributed by atoms with E-state index in [1.54, 1.807) is 12.1 Å². The maximum absolute atomic E-state index is 13.3. The number of aryl methyl sites for hydroxylation is 1. The number of hydroxylamine groups is 1. The Morgan fingerprint density at radius 2 is 1.37 bits per heavy atom. The Kier molecular flexibility index (Phi) is 11.6. The lowest BCUT2D eigenvalue weighted by Gasteiger charge is -2.19. The van der Waals surface area contributed by atoms with Gasteiger partial charge in [0.1, 0.15) is 6.04 Å². The highest BCUT2D eigenvalue weighted by atomic mass is 32.2. The zero-order valence-corrected chi connectivity index (χ0v) is 25.0. The van der Waals surface area contributed by atoms with Gasteiger partial charge in [-0.25, -0.2) is 13.9 Å². The second-order valence-electron chi connectivity index (χ2n) is 10.2. The average molecular weight is 600 g/mol. The van der Waals surface area contributed by atoms with Crippen LogP contribution in [-0.2, 0) is 39.1 Å². The highest BCUT2D eigenvalue weighted by Crippen LogP contribution is 2.17. The monoisotopic (exact) mass is 599 g/mol. The van der Waals surface area contributed by atoms with E-state index in [-0.39, 0.29) is 23.8 Å². The third-order valence-electron chi connectivity index (χ3n) is 6.86. The first kappa shape index (κ1) is 31.6. The molecule has 0 aliphatic rings. The molecule has 9 heteroatoms. The van der Waals surface area contributed by atoms with E-state index in [0.29, 0.717) is 11.3 Å². The van der Waals surface area contributed by atoms with Crippen molar-refractivity contribution in [1.82, 2.24) is 10.2 Å². The summed E-state index contributed by atoms with van der Waals surface area (Å²) in [5, 5.41) is 2.80. The maximum atomic E-state index is 13.3. The number of hydrogen-bond acceptors (Lipinski definition) is 5. The molecule has 0 saturated heterocycles. The minimum absolute atomic E-state index is 0.0435. The van der Waals surface area contributed by atoms with Crippen LogP contribution in [0.5, 0.6) is 0 Å². The molecule has 0 aliphatic carbocycles. The van der Waals surface area contributed by atoms with Crippen molar-refractivity contribution < 1.29 is 22.8 Å². The second-order valence-corrected chi connectivity index (χ2v) is 12.0. The first-order valence-electron chi connectivity index (χ1n) is 14.4. The molecule has 0 spiro atoms. The van der Waals surface area contributed by atoms with Crippen molar-refractivity contribution >= 4 is 27.5 Å². The normalized spacial score (nSPS) is 11.9. The maximum Gasteiger partial charge on any atom is 0.262 e. The largest absolute Gasteiger partial charge is 0.322 e. The van der Waals surface area contributed by atoms with Crippen LogP contribution in [0.2, 0.25) is 0 Å². The summed E-state index contributed by atoms with van der Waals surface area (Å²) in [6, 6.07) is 30.6. The highest BCUT2D eigenvalue weighted by molar-refractivity contribution is 7.89. The Morgan fingerprint density at radius 3 is 2.00 bits per heavy atom. The molecule has 8 nitrogen and oxygen atoms in total. The second kappa shape index (κ2) is 15.8. The number of anilines is 1. The molecular formula is C34H37N3O5S. The molecule has 0 aromatic heterocycles. The molecule has 0 saturated carbocycles. The van der Waals surface area contributed by atoms with Crippen LogP contribution in [0.1, 0.15) is 53.2 Å². The van der Waals surface area contributed by atoms with E-state index in [1.807, 2.05) is 72.8 Å². The van der Waals surface area contributed by atoms with Crippen LogP contribution in [0.15, 0.2) is 114 Å². The summed E-state index contributed by atoms with van der Waals surface area (Å²) < 4.78 is 29.1. The number of carbonyl (C=O) groups excluding carboxylic acids is 2. The number of sulfonamides is 1. The fraction of sp³-hybridized carbons (Fsp3) is 0.235. The predicted molar refractivity (Wildman–Crippen MR) is 168 cm³/mol. The molecule has 0 fully saturated rings. The van der Waals surface area contributed by atoms with Gasteiger partial charge in [0.05, 0.1) is 11.5 Å². The molecule has 4 rings (SSSR count). The molecule has 0 heterocycles. The zero-order valence-electron chi connectivity index (χ0n) is 24.2. The number of carbonyl (C=O) groups is 2. The van der Waals surface area contributed by atoms with E-state index in [0.717, 1.165) is 30.4 Å². The number of hydrogen-bond donors (Lipinski definition) is 3. The third kappa shape index (κ3) is 9.89. The van der Waals surface area contributed by atoms with Crippen molar-refractivity contribution in [2.24, 2.45) is 0 Å². The summed E-state index contributed by atoms with van der Waals surface area (Å²) in [6.45, 7) is 2.30. The number of amides is 2. The van der Waals surface area contributed by atoms with Crippen LogP contribution in [0.4, 0.5) is 5.69 Å². The first-order valence-corrected chi connectivity index (χ1v) is 15.8. The van der Waals surface area contributed by atoms with Crippen LogP contribution < -0.4 is 15.5 Å². The van der Waals surface area contributed by atoms with Crippen LogP contribution in [0, 0.1) is 0 Å². The van der Waals surface area contributed by atoms with Gasteiger partial charge in [0.2, 0.25) is 10.0 Å². The van der Waals surface area contributed by atoms with E-state index in [1.165, 1.54) is 36.2 Å². The standard InChI is InChI=1S/C34H37N3O5S/c1-2-3-6-11-26-16-18-29(19-17-26)33(38)35-30-20-22-31(23-21-30)43(40,41)37-32(24-27-12-7-4-8-13-27)34(39)36-42-25-28-14-9-5-10-15-28/h4-5,7-10,12-23,32,37H,2-3,6,11,24-25H2,1H3,(H,35,38)(H,36,39)/t32-/m1/s1. The molecular weight excluding hydrogens is 562 g/mol. The third-order valence-corrected chi connectivity index (χ3v) is 8.35. The van der Waals surface area contributed by atoms with Gasteiger partial charge in [-0.2, -0.15) is 4.72 Å². The van der Waals surface area contributed by atoms with E-state index >= 15 is 0 Å². The van der Waals surface area contributed by atoms with Gasteiger partial charge in [-0.05, 0) is 72.4 Å². The van der Waals surface area contributed by atoms with Crippen molar-refractivity contribution in [1.29, 1.82) is 0 Å². The minimum Gasteiger partial charge on any atom is -0.322 e. The summed E-state index contributed by atoms with van der Waals surface area (Å²) in [5.74, 6) is -0.910. The molecule has 0 aliphatic heterocycles. The van der Waals surface area contributed by atoms with E-state index < -0.39 is 22.0 Å². The number of nitrogens with one attached hydrogen (secondary N) is 3. The van der Waals surface area contributed by atoms with Gasteiger partial charge in [-0.3, -0.25) is 14.4 Å². The van der Waals surface area contributed by atoms with E-state index in [9.17, 15) is 18.0 Å². The highest BCUT2D eigenvalue weighted by Gasteiger charge is 2.26. The molecule has 2 amide bonds. The van der Waals surface area contributed by atoms with Crippen LogP contribution in [-0.4, -0.2) is 26.3 Å². The Balaban J connectivity index is 1.39. The number of rotatable bonds is 15. The smallest absolute Gasteiger partial charge is 0.262 e. The van der Waals surface area contributed by atoms with Crippen molar-refractivity contribution in [3.63, 3.8) is 0 Å². The number of benzene rings is 4. The molecule has 43 heavy (non-hydrogen) atoms. The quantitative estimate of drug-likeness (QED) is 0.118. The van der Waals surface area contributed by atoms with Crippen LogP contribution >= 0.6 is 0 Å². The summed E-state index contributed by atoms with van der Waals surface area (Å²) in [7, 11) is -4.09. The SMILES string of the molecule is CCCCCc1ccc(C(=O)Nc2ccc(S(=O)(=O)N[C@H](Cc3ccccc3)C(=O)NOCc3ccccc3)cc2)cc1. The van der Waals surface area contributed by atoms with Crippen molar-refractivity contribution in [2.75, 3.05) is 5.32 Å². The predicted octanol–water partition coefficient (Wildman–Crippen LogP) is 5.81. The minimum atomic E-state index is -4.09. The lowest BCUT2D eigenvalue weighted by molar-refractivity contribution is -0.136. The lowest BCUT2D eigenvalue weighted by Crippen LogP contribution is -2.47. The van der Waals surface area contributed by atoms with Crippen LogP contribution in [0.3, 0.4) is 0 Å². The Morgan fingerprint density at radius 1 is 0.744 bits per heavy atom. The molecule has 4 aromatic rings. The van der Waals surface area contributed by atoms with Gasteiger partial charge in [-0.15, -0.1) is 0 Å². The summed E-state index contributed by atoms with van der Waals surface area (Å²) in [6.07, 6.45) is 4.55. The van der Waals surface area contributed by atoms with Crippen molar-refractivity contribution in [3.8, 4) is 0 Å². The van der Waals surface area contributed by atoms with E-state index in [4.69, 9.17) is 4.84 Å². The molecule has 0 radical (unpaired) electrons. The molecule has 1 atom stereocenters. The fourth-order valence-corrected chi connectivity index (χ4v) is 5.65. The Bertz CT molecular complexity index is 1560. The summed E-state index contributed by atoms with van der Waals surface area (Å²) >= 11 is 0. The number of unbranched alkanes of at least 4 members (excludes halogenated alkanes) is 2. The first-order chi connectivity index (χ1) is 20.8. The topological polar surface area (TPSA) is 114 Å². The van der Waals surface area contributed by atoms with Gasteiger partial charge in [0, 0.05) is 11.3 Å². The molecule has 4 aromatic carbocycles. The van der Waals surface area contributed by atoms with Gasteiger partial charge < -0.3 is 5.32 Å². The van der Waals surface area contributed by atoms with Gasteiger partial charge in [0.25, 0.3) is 11.8 Å². The van der Waals surface area contributed by atoms with Crippen LogP contribution in [0.25, 0.3) is 0 Å². The molecule has 224 valence electrons. The van der Waals surface area contributed by atoms with Gasteiger partial charge >= 0.3 is 0 Å². The Hall–Kier alpha value is -4.31. The van der Waals surface area contributed by atoms with Crippen molar-refractivity contribution in [3.05, 3.63) is 131 Å². The molecule has 0 unspecified atom stereocenters. The van der Waals surface area contributed by atoms with Gasteiger partial charge in [-0.1, -0.05) is 92.6 Å². The Labute approximate surface area is 253 Å². The molecule has 3 N–H and O–H groups in total. The fourth-order valence-electron chi connectivity index (χ4n) is 4.45. The van der Waals surface area contributed by atoms with Gasteiger partial charge in [0.15, 0.2) is 0 Å². The summed E-state index contributed by atoms with van der Waals surface area (Å²) in [5.41, 5.74) is 6.16. The van der Waals surface area contributed by atoms with Crippen molar-refractivity contribution in [2.45, 2.75) is 56.6 Å². The average Bonchev–Trinajstić information content (AvgIpc) is 3.02. The summed E-state index contributed by atoms with van der Waals surface area (Å²) in [4.78, 5) is 31.1. The molecule has 0 bridgehead atoms. The van der Waals surface area contributed by atoms with E-state index in [2.05, 4.69) is 22.4 Å². The zero-order chi connectivity index (χ0) is 30.5.